The maximum absolute atomic E-state index is 13.2. The molecule has 0 saturated carbocycles. The van der Waals surface area contributed by atoms with E-state index in [-0.39, 0.29) is 11.3 Å². The Morgan fingerprint density at radius 1 is 1.00 bits per heavy atom. The van der Waals surface area contributed by atoms with Crippen LogP contribution < -0.4 is 14.4 Å². The van der Waals surface area contributed by atoms with Gasteiger partial charge in [-0.3, -0.25) is 14.5 Å². The summed E-state index contributed by atoms with van der Waals surface area (Å²) in [5.41, 5.74) is 2.56. The van der Waals surface area contributed by atoms with E-state index in [1.54, 1.807) is 49.6 Å². The minimum absolute atomic E-state index is 0.0423. The summed E-state index contributed by atoms with van der Waals surface area (Å²) in [7, 11) is 1.57. The van der Waals surface area contributed by atoms with Crippen LogP contribution in [0.25, 0.3) is 5.76 Å². The molecule has 0 radical (unpaired) electrons. The molecule has 0 bridgehead atoms. The number of ketones is 1. The monoisotopic (exact) mass is 457 g/mol. The van der Waals surface area contributed by atoms with Crippen molar-refractivity contribution in [3.8, 4) is 11.5 Å². The molecule has 6 heteroatoms. The van der Waals surface area contributed by atoms with Gasteiger partial charge >= 0.3 is 0 Å². The van der Waals surface area contributed by atoms with Gasteiger partial charge in [-0.1, -0.05) is 37.3 Å². The number of carbonyl (C=O) groups excluding carboxylic acids is 2. The molecule has 174 valence electrons. The highest BCUT2D eigenvalue weighted by Gasteiger charge is 2.46. The van der Waals surface area contributed by atoms with Crippen molar-refractivity contribution < 1.29 is 24.2 Å². The third-order valence-corrected chi connectivity index (χ3v) is 5.82. The standard InChI is InChI=1S/C28H27NO5/c1-4-16-34-22-13-10-19(11-14-22)25-24(26(30)20-12-15-23(33-3)18(2)17-20)27(31)28(32)29(25)21-8-6-5-7-9-21/h5-15,17,25,30H,4,16H2,1-3H3/b26-24-. The lowest BCUT2D eigenvalue weighted by molar-refractivity contribution is -0.132. The normalized spacial score (nSPS) is 17.1. The number of amides is 1. The molecule has 3 aromatic carbocycles. The molecule has 1 N–H and O–H groups in total. The van der Waals surface area contributed by atoms with Gasteiger partial charge in [-0.15, -0.1) is 0 Å². The molecule has 1 saturated heterocycles. The molecule has 1 unspecified atom stereocenters. The number of benzene rings is 3. The number of Topliss-reactive ketones (excluding diaryl/α,β-unsaturated/α-hetero) is 1. The maximum Gasteiger partial charge on any atom is 0.300 e. The fourth-order valence-corrected chi connectivity index (χ4v) is 4.15. The Bertz CT molecular complexity index is 1230. The summed E-state index contributed by atoms with van der Waals surface area (Å²) >= 11 is 0. The molecule has 4 rings (SSSR count). The van der Waals surface area contributed by atoms with Crippen LogP contribution in [0, 0.1) is 6.92 Å². The third-order valence-electron chi connectivity index (χ3n) is 5.82. The number of hydrogen-bond donors (Lipinski definition) is 1. The largest absolute Gasteiger partial charge is 0.507 e. The molecule has 0 aliphatic carbocycles. The fourth-order valence-electron chi connectivity index (χ4n) is 4.15. The van der Waals surface area contributed by atoms with Crippen molar-refractivity contribution in [2.75, 3.05) is 18.6 Å². The summed E-state index contributed by atoms with van der Waals surface area (Å²) in [4.78, 5) is 27.9. The van der Waals surface area contributed by atoms with Crippen LogP contribution in [-0.4, -0.2) is 30.5 Å². The third kappa shape index (κ3) is 4.27. The van der Waals surface area contributed by atoms with Gasteiger partial charge in [-0.2, -0.15) is 0 Å². The van der Waals surface area contributed by atoms with Crippen molar-refractivity contribution in [1.82, 2.24) is 0 Å². The van der Waals surface area contributed by atoms with Crippen molar-refractivity contribution in [3.05, 3.63) is 95.1 Å². The fraction of sp³-hybridized carbons (Fsp3) is 0.214. The Hall–Kier alpha value is -4.06. The van der Waals surface area contributed by atoms with Crippen molar-refractivity contribution in [3.63, 3.8) is 0 Å². The molecule has 1 atom stereocenters. The lowest BCUT2D eigenvalue weighted by Gasteiger charge is -2.25. The van der Waals surface area contributed by atoms with Gasteiger partial charge in [-0.25, -0.2) is 0 Å². The predicted molar refractivity (Wildman–Crippen MR) is 131 cm³/mol. The summed E-state index contributed by atoms with van der Waals surface area (Å²) in [5, 5.41) is 11.3. The van der Waals surface area contributed by atoms with Gasteiger partial charge in [0, 0.05) is 11.3 Å². The van der Waals surface area contributed by atoms with E-state index in [2.05, 4.69) is 0 Å². The maximum atomic E-state index is 13.2. The zero-order valence-electron chi connectivity index (χ0n) is 19.4. The molecule has 1 aliphatic rings. The number of aliphatic hydroxyl groups excluding tert-OH is 1. The first kappa shape index (κ1) is 23.1. The second kappa shape index (κ2) is 9.83. The van der Waals surface area contributed by atoms with E-state index < -0.39 is 17.7 Å². The highest BCUT2D eigenvalue weighted by atomic mass is 16.5. The van der Waals surface area contributed by atoms with Gasteiger partial charge in [0.1, 0.15) is 17.3 Å². The van der Waals surface area contributed by atoms with Crippen LogP contribution in [0.5, 0.6) is 11.5 Å². The van der Waals surface area contributed by atoms with Crippen LogP contribution in [0.15, 0.2) is 78.4 Å². The number of methoxy groups -OCH3 is 1. The van der Waals surface area contributed by atoms with Gasteiger partial charge in [-0.05, 0) is 66.9 Å². The van der Waals surface area contributed by atoms with Crippen LogP contribution in [0.3, 0.4) is 0 Å². The average molecular weight is 458 g/mol. The van der Waals surface area contributed by atoms with Crippen LogP contribution in [-0.2, 0) is 9.59 Å². The summed E-state index contributed by atoms with van der Waals surface area (Å²) in [5.74, 6) is -0.271. The molecule has 3 aromatic rings. The molecule has 1 fully saturated rings. The Balaban J connectivity index is 1.86. The van der Waals surface area contributed by atoms with Gasteiger partial charge in [0.25, 0.3) is 11.7 Å². The number of carbonyl (C=O) groups is 2. The van der Waals surface area contributed by atoms with Crippen LogP contribution in [0.1, 0.15) is 36.1 Å². The van der Waals surface area contributed by atoms with E-state index in [1.165, 1.54) is 4.90 Å². The van der Waals surface area contributed by atoms with Crippen molar-refractivity contribution >= 4 is 23.1 Å². The number of anilines is 1. The Kier molecular flexibility index (Phi) is 6.68. The summed E-state index contributed by atoms with van der Waals surface area (Å²) in [6, 6.07) is 20.6. The second-order valence-electron chi connectivity index (χ2n) is 8.11. The Labute approximate surface area is 199 Å². The lowest BCUT2D eigenvalue weighted by Crippen LogP contribution is -2.29. The Morgan fingerprint density at radius 2 is 1.71 bits per heavy atom. The van der Waals surface area contributed by atoms with Crippen LogP contribution >= 0.6 is 0 Å². The minimum Gasteiger partial charge on any atom is -0.507 e. The zero-order valence-corrected chi connectivity index (χ0v) is 19.4. The zero-order chi connectivity index (χ0) is 24.2. The minimum atomic E-state index is -0.787. The van der Waals surface area contributed by atoms with E-state index in [0.717, 1.165) is 12.0 Å². The highest BCUT2D eigenvalue weighted by Crippen LogP contribution is 2.42. The number of aryl methyl sites for hydroxylation is 1. The second-order valence-corrected chi connectivity index (χ2v) is 8.11. The number of nitrogens with zero attached hydrogens (tertiary/aromatic N) is 1. The summed E-state index contributed by atoms with van der Waals surface area (Å²) in [6.07, 6.45) is 0.886. The predicted octanol–water partition coefficient (Wildman–Crippen LogP) is 5.42. The number of hydrogen-bond acceptors (Lipinski definition) is 5. The first-order valence-corrected chi connectivity index (χ1v) is 11.2. The molecule has 1 amide bonds. The van der Waals surface area contributed by atoms with Gasteiger partial charge in [0.05, 0.1) is 25.3 Å². The summed E-state index contributed by atoms with van der Waals surface area (Å²) in [6.45, 7) is 4.48. The summed E-state index contributed by atoms with van der Waals surface area (Å²) < 4.78 is 11.0. The van der Waals surface area contributed by atoms with E-state index in [9.17, 15) is 14.7 Å². The van der Waals surface area contributed by atoms with Crippen molar-refractivity contribution in [1.29, 1.82) is 0 Å². The highest BCUT2D eigenvalue weighted by molar-refractivity contribution is 6.51. The molecule has 1 heterocycles. The van der Waals surface area contributed by atoms with Crippen molar-refractivity contribution in [2.45, 2.75) is 26.3 Å². The first-order chi connectivity index (χ1) is 16.5. The Morgan fingerprint density at radius 3 is 2.32 bits per heavy atom. The van der Waals surface area contributed by atoms with Crippen LogP contribution in [0.2, 0.25) is 0 Å². The number of rotatable bonds is 7. The number of aliphatic hydroxyl groups is 1. The van der Waals surface area contributed by atoms with Gasteiger partial charge in [0.15, 0.2) is 0 Å². The van der Waals surface area contributed by atoms with Crippen molar-refractivity contribution in [2.24, 2.45) is 0 Å². The first-order valence-electron chi connectivity index (χ1n) is 11.2. The van der Waals surface area contributed by atoms with Gasteiger partial charge in [0.2, 0.25) is 0 Å². The molecule has 1 aliphatic heterocycles. The van der Waals surface area contributed by atoms with Crippen LogP contribution in [0.4, 0.5) is 5.69 Å². The smallest absolute Gasteiger partial charge is 0.300 e. The molecule has 0 aromatic heterocycles. The number of ether oxygens (including phenoxy) is 2. The molecule has 34 heavy (non-hydrogen) atoms. The molecular weight excluding hydrogens is 430 g/mol. The molecule has 0 spiro atoms. The van der Waals surface area contributed by atoms with Gasteiger partial charge < -0.3 is 14.6 Å². The topological polar surface area (TPSA) is 76.1 Å². The van der Waals surface area contributed by atoms with E-state index in [0.29, 0.717) is 34.9 Å². The molecule has 6 nitrogen and oxygen atoms in total. The van der Waals surface area contributed by atoms with E-state index in [1.807, 2.05) is 44.2 Å². The average Bonchev–Trinajstić information content (AvgIpc) is 3.13. The quantitative estimate of drug-likeness (QED) is 0.291. The lowest BCUT2D eigenvalue weighted by atomic mass is 9.94. The number of para-hydroxylation sites is 1. The SMILES string of the molecule is CCCOc1ccc(C2/C(=C(/O)c3ccc(OC)c(C)c3)C(=O)C(=O)N2c2ccccc2)cc1. The van der Waals surface area contributed by atoms with E-state index >= 15 is 0 Å². The van der Waals surface area contributed by atoms with E-state index in [4.69, 9.17) is 9.47 Å². The molecular formula is C28H27NO5.